The van der Waals surface area contributed by atoms with Crippen molar-refractivity contribution >= 4 is 21.6 Å². The van der Waals surface area contributed by atoms with Crippen LogP contribution in [-0.2, 0) is 27.1 Å². The zero-order valence-electron chi connectivity index (χ0n) is 19.8. The molecule has 1 aliphatic heterocycles. The van der Waals surface area contributed by atoms with Gasteiger partial charge in [-0.2, -0.15) is 0 Å². The van der Waals surface area contributed by atoms with Gasteiger partial charge in [0.05, 0.1) is 22.8 Å². The lowest BCUT2D eigenvalue weighted by Crippen LogP contribution is -2.53. The van der Waals surface area contributed by atoms with Crippen molar-refractivity contribution in [2.24, 2.45) is 5.92 Å². The van der Waals surface area contributed by atoms with Gasteiger partial charge in [-0.15, -0.1) is 0 Å². The fourth-order valence-corrected chi connectivity index (χ4v) is 5.59. The van der Waals surface area contributed by atoms with Crippen LogP contribution >= 0.6 is 0 Å². The van der Waals surface area contributed by atoms with Gasteiger partial charge in [-0.05, 0) is 17.9 Å². The van der Waals surface area contributed by atoms with Crippen LogP contribution in [0.5, 0.6) is 0 Å². The first-order valence-electron chi connectivity index (χ1n) is 11.5. The van der Waals surface area contributed by atoms with Crippen molar-refractivity contribution < 1.29 is 23.2 Å². The highest BCUT2D eigenvalue weighted by atomic mass is 32.2. The van der Waals surface area contributed by atoms with Crippen LogP contribution < -0.4 is 10.0 Å². The number of nitrogens with one attached hydrogen (secondary N) is 2. The fraction of sp³-hybridized carbons (Fsp3) is 0.458. The Morgan fingerprint density at radius 2 is 1.80 bits per heavy atom. The summed E-state index contributed by atoms with van der Waals surface area (Å²) in [7, 11) is -4.07. The van der Waals surface area contributed by atoms with Gasteiger partial charge in [-0.3, -0.25) is 19.8 Å². The van der Waals surface area contributed by atoms with Gasteiger partial charge in [0.1, 0.15) is 6.04 Å². The number of nitro groups is 1. The second kappa shape index (κ2) is 11.7. The molecule has 3 N–H and O–H groups in total. The Balaban J connectivity index is 1.66. The molecule has 35 heavy (non-hydrogen) atoms. The SMILES string of the molecule is CC(C)C[C@H](NS(=O)(=O)Cc1ccccc1[N+](=O)[O-])C(=O)NC1CN(Cc2ccccc2)CC1O. The van der Waals surface area contributed by atoms with E-state index in [1.807, 2.05) is 49.1 Å². The molecule has 0 saturated carbocycles. The predicted molar refractivity (Wildman–Crippen MR) is 132 cm³/mol. The lowest BCUT2D eigenvalue weighted by atomic mass is 10.0. The second-order valence-corrected chi connectivity index (χ2v) is 11.1. The van der Waals surface area contributed by atoms with E-state index in [1.54, 1.807) is 0 Å². The molecule has 1 amide bonds. The van der Waals surface area contributed by atoms with Crippen LogP contribution in [0.25, 0.3) is 0 Å². The summed E-state index contributed by atoms with van der Waals surface area (Å²) >= 11 is 0. The van der Waals surface area contributed by atoms with Crippen molar-refractivity contribution in [1.29, 1.82) is 0 Å². The molecule has 1 saturated heterocycles. The molecule has 2 aromatic carbocycles. The number of rotatable bonds is 11. The summed E-state index contributed by atoms with van der Waals surface area (Å²) in [5, 5.41) is 24.5. The molecule has 2 unspecified atom stereocenters. The number of aliphatic hydroxyl groups excluding tert-OH is 1. The smallest absolute Gasteiger partial charge is 0.273 e. The number of benzene rings is 2. The van der Waals surface area contributed by atoms with E-state index in [2.05, 4.69) is 10.0 Å². The normalized spacial score (nSPS) is 19.5. The van der Waals surface area contributed by atoms with Crippen LogP contribution in [0.3, 0.4) is 0 Å². The Bertz CT molecular complexity index is 1130. The summed E-state index contributed by atoms with van der Waals surface area (Å²) in [6.45, 7) is 5.17. The largest absolute Gasteiger partial charge is 0.390 e. The van der Waals surface area contributed by atoms with Gasteiger partial charge >= 0.3 is 0 Å². The molecule has 0 radical (unpaired) electrons. The predicted octanol–water partition coefficient (Wildman–Crippen LogP) is 1.79. The van der Waals surface area contributed by atoms with Crippen molar-refractivity contribution in [2.45, 2.75) is 50.8 Å². The Hall–Kier alpha value is -2.86. The lowest BCUT2D eigenvalue weighted by Gasteiger charge is -2.23. The van der Waals surface area contributed by atoms with Gasteiger partial charge in [0.25, 0.3) is 5.69 Å². The van der Waals surface area contributed by atoms with Crippen molar-refractivity contribution in [3.8, 4) is 0 Å². The molecule has 0 bridgehead atoms. The average Bonchev–Trinajstić information content (AvgIpc) is 3.11. The third kappa shape index (κ3) is 7.82. The molecule has 11 heteroatoms. The fourth-order valence-electron chi connectivity index (χ4n) is 4.22. The first-order valence-corrected chi connectivity index (χ1v) is 13.2. The molecule has 190 valence electrons. The molecule has 3 rings (SSSR count). The van der Waals surface area contributed by atoms with Crippen molar-refractivity contribution in [1.82, 2.24) is 14.9 Å². The number of β-amino-alcohol motifs (C(OH)–C–C–N with tert-alkyl or cyclic N) is 1. The average molecular weight is 505 g/mol. The third-order valence-corrected chi connectivity index (χ3v) is 7.16. The highest BCUT2D eigenvalue weighted by Crippen LogP contribution is 2.21. The molecule has 0 aliphatic carbocycles. The van der Waals surface area contributed by atoms with E-state index in [-0.39, 0.29) is 23.6 Å². The van der Waals surface area contributed by atoms with Crippen LogP contribution in [0.4, 0.5) is 5.69 Å². The van der Waals surface area contributed by atoms with E-state index >= 15 is 0 Å². The molecule has 1 aliphatic rings. The molecule has 0 spiro atoms. The van der Waals surface area contributed by atoms with E-state index in [1.165, 1.54) is 24.3 Å². The highest BCUT2D eigenvalue weighted by Gasteiger charge is 2.35. The topological polar surface area (TPSA) is 142 Å². The zero-order chi connectivity index (χ0) is 25.6. The number of aliphatic hydroxyl groups is 1. The van der Waals surface area contributed by atoms with Gasteiger partial charge < -0.3 is 10.4 Å². The standard InChI is InChI=1S/C24H32N4O6S/c1-17(2)12-20(26-35(33,34)16-19-10-6-7-11-22(19)28(31)32)24(30)25-21-14-27(15-23(21)29)13-18-8-4-3-5-9-18/h3-11,17,20-21,23,26,29H,12-16H2,1-2H3,(H,25,30)/t20-,21?,23?/m0/s1. The molecular formula is C24H32N4O6S. The maximum Gasteiger partial charge on any atom is 0.273 e. The van der Waals surface area contributed by atoms with Crippen LogP contribution in [0.1, 0.15) is 31.4 Å². The Labute approximate surface area is 205 Å². The van der Waals surface area contributed by atoms with E-state index < -0.39 is 44.8 Å². The molecule has 0 aromatic heterocycles. The van der Waals surface area contributed by atoms with E-state index in [0.717, 1.165) is 5.56 Å². The Morgan fingerprint density at radius 3 is 2.46 bits per heavy atom. The monoisotopic (exact) mass is 504 g/mol. The second-order valence-electron chi connectivity index (χ2n) is 9.31. The van der Waals surface area contributed by atoms with Crippen LogP contribution in [0.2, 0.25) is 0 Å². The third-order valence-electron chi connectivity index (χ3n) is 5.82. The number of hydrogen-bond acceptors (Lipinski definition) is 7. The molecule has 1 heterocycles. The van der Waals surface area contributed by atoms with E-state index in [0.29, 0.717) is 19.6 Å². The quantitative estimate of drug-likeness (QED) is 0.313. The molecule has 2 aromatic rings. The van der Waals surface area contributed by atoms with Crippen molar-refractivity contribution in [2.75, 3.05) is 13.1 Å². The molecular weight excluding hydrogens is 472 g/mol. The number of sulfonamides is 1. The molecule has 10 nitrogen and oxygen atoms in total. The summed E-state index contributed by atoms with van der Waals surface area (Å²) in [6, 6.07) is 13.8. The first-order chi connectivity index (χ1) is 16.5. The molecule has 1 fully saturated rings. The maximum absolute atomic E-state index is 13.1. The first kappa shape index (κ1) is 26.7. The highest BCUT2D eigenvalue weighted by molar-refractivity contribution is 7.88. The van der Waals surface area contributed by atoms with Gasteiger partial charge in [-0.25, -0.2) is 13.1 Å². The zero-order valence-corrected chi connectivity index (χ0v) is 20.6. The number of para-hydroxylation sites is 1. The summed E-state index contributed by atoms with van der Waals surface area (Å²) in [4.78, 5) is 25.7. The van der Waals surface area contributed by atoms with Gasteiger partial charge in [0, 0.05) is 31.3 Å². The Kier molecular flexibility index (Phi) is 8.95. The van der Waals surface area contributed by atoms with Crippen LogP contribution in [-0.4, -0.2) is 60.5 Å². The molecule has 3 atom stereocenters. The summed E-state index contributed by atoms with van der Waals surface area (Å²) < 4.78 is 28.1. The minimum atomic E-state index is -4.07. The van der Waals surface area contributed by atoms with E-state index in [9.17, 15) is 28.4 Å². The number of nitrogens with zero attached hydrogens (tertiary/aromatic N) is 2. The van der Waals surface area contributed by atoms with Gasteiger partial charge in [0.15, 0.2) is 0 Å². The lowest BCUT2D eigenvalue weighted by molar-refractivity contribution is -0.385. The minimum Gasteiger partial charge on any atom is -0.390 e. The van der Waals surface area contributed by atoms with Gasteiger partial charge in [-0.1, -0.05) is 62.4 Å². The summed E-state index contributed by atoms with van der Waals surface area (Å²) in [5.41, 5.74) is 0.832. The number of carbonyl (C=O) groups excluding carboxylic acids is 1. The van der Waals surface area contributed by atoms with Crippen LogP contribution in [0, 0.1) is 16.0 Å². The van der Waals surface area contributed by atoms with Crippen molar-refractivity contribution in [3.63, 3.8) is 0 Å². The summed E-state index contributed by atoms with van der Waals surface area (Å²) in [5.74, 6) is -1.15. The Morgan fingerprint density at radius 1 is 1.14 bits per heavy atom. The number of nitro benzene ring substituents is 1. The number of hydrogen-bond donors (Lipinski definition) is 3. The van der Waals surface area contributed by atoms with Crippen LogP contribution in [0.15, 0.2) is 54.6 Å². The maximum atomic E-state index is 13.1. The van der Waals surface area contributed by atoms with Crippen molar-refractivity contribution in [3.05, 3.63) is 75.8 Å². The van der Waals surface area contributed by atoms with E-state index in [4.69, 9.17) is 0 Å². The minimum absolute atomic E-state index is 0.00240. The van der Waals surface area contributed by atoms with Gasteiger partial charge in [0.2, 0.25) is 15.9 Å². The number of amides is 1. The number of carbonyl (C=O) groups is 1. The summed E-state index contributed by atoms with van der Waals surface area (Å²) in [6.07, 6.45) is -0.552. The number of likely N-dealkylation sites (tertiary alicyclic amines) is 1.